The van der Waals surface area contributed by atoms with Crippen LogP contribution in [0.1, 0.15) is 28.6 Å². The summed E-state index contributed by atoms with van der Waals surface area (Å²) >= 11 is 3.24. The van der Waals surface area contributed by atoms with Crippen molar-refractivity contribution in [2.75, 3.05) is 5.73 Å². The van der Waals surface area contributed by atoms with Gasteiger partial charge in [0.2, 0.25) is 0 Å². The van der Waals surface area contributed by atoms with E-state index >= 15 is 0 Å². The summed E-state index contributed by atoms with van der Waals surface area (Å²) in [5.74, 6) is 0. The van der Waals surface area contributed by atoms with E-state index in [1.54, 1.807) is 11.3 Å². The highest BCUT2D eigenvalue weighted by atomic mass is 32.1. The summed E-state index contributed by atoms with van der Waals surface area (Å²) < 4.78 is 0. The Kier molecular flexibility index (Phi) is 3.46. The Bertz CT molecular complexity index is 501. The van der Waals surface area contributed by atoms with Gasteiger partial charge in [-0.25, -0.2) is 9.97 Å². The number of rotatable bonds is 4. The van der Waals surface area contributed by atoms with E-state index < -0.39 is 0 Å². The van der Waals surface area contributed by atoms with Gasteiger partial charge in [-0.3, -0.25) is 0 Å². The Balaban J connectivity index is 2.02. The maximum absolute atomic E-state index is 5.60. The summed E-state index contributed by atoms with van der Waals surface area (Å²) in [6.45, 7) is 7.10. The van der Waals surface area contributed by atoms with Crippen LogP contribution in [0, 0.1) is 6.92 Å². The number of nitrogens with one attached hydrogen (secondary N) is 1. The summed E-state index contributed by atoms with van der Waals surface area (Å²) in [7, 11) is 0. The van der Waals surface area contributed by atoms with Crippen molar-refractivity contribution in [2.24, 2.45) is 0 Å². The van der Waals surface area contributed by atoms with Crippen molar-refractivity contribution < 1.29 is 0 Å². The molecule has 4 nitrogen and oxygen atoms in total. The number of hydrogen-bond donors (Lipinski definition) is 2. The summed E-state index contributed by atoms with van der Waals surface area (Å²) in [4.78, 5) is 10.8. The zero-order chi connectivity index (χ0) is 12.5. The molecule has 0 unspecified atom stereocenters. The second-order valence-electron chi connectivity index (χ2n) is 4.42. The fraction of sp³-hybridized carbons (Fsp3) is 0.455. The topological polar surface area (TPSA) is 63.8 Å². The van der Waals surface area contributed by atoms with Crippen molar-refractivity contribution >= 4 is 27.8 Å². The van der Waals surface area contributed by atoms with Crippen molar-refractivity contribution in [1.82, 2.24) is 15.3 Å². The average Bonchev–Trinajstić information content (AvgIpc) is 2.85. The number of hydrogen-bond acceptors (Lipinski definition) is 6. The third-order valence-corrected chi connectivity index (χ3v) is 4.49. The number of anilines is 1. The van der Waals surface area contributed by atoms with Gasteiger partial charge in [-0.15, -0.1) is 22.7 Å². The van der Waals surface area contributed by atoms with Crippen LogP contribution in [0.5, 0.6) is 0 Å². The Morgan fingerprint density at radius 3 is 2.59 bits per heavy atom. The average molecular weight is 268 g/mol. The molecule has 0 atom stereocenters. The van der Waals surface area contributed by atoms with Gasteiger partial charge >= 0.3 is 0 Å². The van der Waals surface area contributed by atoms with Gasteiger partial charge < -0.3 is 11.1 Å². The molecule has 6 heteroatoms. The lowest BCUT2D eigenvalue weighted by atomic mass is 10.1. The minimum absolute atomic E-state index is 0.127. The van der Waals surface area contributed by atoms with Gasteiger partial charge in [0.25, 0.3) is 0 Å². The number of thiazole rings is 2. The monoisotopic (exact) mass is 268 g/mol. The van der Waals surface area contributed by atoms with Gasteiger partial charge in [-0.2, -0.15) is 0 Å². The molecule has 0 saturated carbocycles. The van der Waals surface area contributed by atoms with Gasteiger partial charge in [-0.05, 0) is 20.8 Å². The number of nitrogens with zero attached hydrogens (tertiary/aromatic N) is 2. The van der Waals surface area contributed by atoms with Gasteiger partial charge in [-0.1, -0.05) is 0 Å². The highest BCUT2D eigenvalue weighted by Gasteiger charge is 2.23. The second kappa shape index (κ2) is 4.72. The molecule has 0 aliphatic carbocycles. The van der Waals surface area contributed by atoms with Crippen LogP contribution in [0.25, 0.3) is 0 Å². The molecule has 2 aromatic rings. The predicted octanol–water partition coefficient (Wildman–Crippen LogP) is 2.52. The molecule has 0 aromatic carbocycles. The summed E-state index contributed by atoms with van der Waals surface area (Å²) in [5, 5.41) is 5.20. The zero-order valence-electron chi connectivity index (χ0n) is 10.2. The first-order chi connectivity index (χ1) is 7.97. The predicted molar refractivity (Wildman–Crippen MR) is 73.2 cm³/mol. The first-order valence-corrected chi connectivity index (χ1v) is 6.99. The molecule has 2 aromatic heterocycles. The van der Waals surface area contributed by atoms with Crippen molar-refractivity contribution in [1.29, 1.82) is 0 Å². The van der Waals surface area contributed by atoms with Crippen LogP contribution in [-0.4, -0.2) is 9.97 Å². The first kappa shape index (κ1) is 12.5. The third kappa shape index (κ3) is 3.02. The largest absolute Gasteiger partial charge is 0.375 e. The lowest BCUT2D eigenvalue weighted by Crippen LogP contribution is -2.35. The minimum atomic E-state index is -0.127. The molecule has 0 radical (unpaired) electrons. The van der Waals surface area contributed by atoms with Crippen LogP contribution in [0.3, 0.4) is 0 Å². The molecule has 0 aliphatic heterocycles. The van der Waals surface area contributed by atoms with E-state index in [1.165, 1.54) is 16.2 Å². The molecule has 0 bridgehead atoms. The maximum atomic E-state index is 5.60. The Labute approximate surface area is 109 Å². The number of nitrogens with two attached hydrogens (primary N) is 1. The molecule has 3 N–H and O–H groups in total. The van der Waals surface area contributed by atoms with E-state index in [1.807, 2.05) is 12.4 Å². The number of nitrogen functional groups attached to an aromatic ring is 1. The highest BCUT2D eigenvalue weighted by Crippen LogP contribution is 2.25. The van der Waals surface area contributed by atoms with Gasteiger partial charge in [0.1, 0.15) is 5.01 Å². The van der Waals surface area contributed by atoms with Crippen LogP contribution < -0.4 is 11.1 Å². The standard InChI is InChI=1S/C11H16N4S2/c1-7-4-13-9(16-7)11(2,3)15-6-8-5-14-10(12)17-8/h4-5,15H,6H2,1-3H3,(H2,12,14). The highest BCUT2D eigenvalue weighted by molar-refractivity contribution is 7.15. The zero-order valence-corrected chi connectivity index (χ0v) is 11.8. The van der Waals surface area contributed by atoms with Crippen molar-refractivity contribution in [2.45, 2.75) is 32.9 Å². The van der Waals surface area contributed by atoms with Crippen LogP contribution >= 0.6 is 22.7 Å². The summed E-state index contributed by atoms with van der Waals surface area (Å²) in [6.07, 6.45) is 3.73. The summed E-state index contributed by atoms with van der Waals surface area (Å²) in [6, 6.07) is 0. The molecule has 17 heavy (non-hydrogen) atoms. The normalized spacial score (nSPS) is 11.9. The molecule has 0 amide bonds. The molecule has 0 aliphatic rings. The van der Waals surface area contributed by atoms with E-state index in [2.05, 4.69) is 36.1 Å². The van der Waals surface area contributed by atoms with Gasteiger partial charge in [0.05, 0.1) is 5.54 Å². The van der Waals surface area contributed by atoms with Crippen molar-refractivity contribution in [3.8, 4) is 0 Å². The SMILES string of the molecule is Cc1cnc(C(C)(C)NCc2cnc(N)s2)s1. The van der Waals surface area contributed by atoms with Crippen LogP contribution in [0.4, 0.5) is 5.13 Å². The van der Waals surface area contributed by atoms with E-state index in [4.69, 9.17) is 5.73 Å². The molecule has 0 spiro atoms. The van der Waals surface area contributed by atoms with Crippen LogP contribution in [-0.2, 0) is 12.1 Å². The number of aromatic nitrogens is 2. The lowest BCUT2D eigenvalue weighted by Gasteiger charge is -2.23. The van der Waals surface area contributed by atoms with Crippen LogP contribution in [0.2, 0.25) is 0 Å². The smallest absolute Gasteiger partial charge is 0.180 e. The third-order valence-electron chi connectivity index (χ3n) is 2.43. The van der Waals surface area contributed by atoms with E-state index in [0.717, 1.165) is 16.4 Å². The van der Waals surface area contributed by atoms with Crippen LogP contribution in [0.15, 0.2) is 12.4 Å². The van der Waals surface area contributed by atoms with Crippen molar-refractivity contribution in [3.63, 3.8) is 0 Å². The lowest BCUT2D eigenvalue weighted by molar-refractivity contribution is 0.401. The first-order valence-electron chi connectivity index (χ1n) is 5.35. The van der Waals surface area contributed by atoms with Crippen molar-refractivity contribution in [3.05, 3.63) is 27.2 Å². The fourth-order valence-electron chi connectivity index (χ4n) is 1.43. The van der Waals surface area contributed by atoms with E-state index in [-0.39, 0.29) is 5.54 Å². The second-order valence-corrected chi connectivity index (χ2v) is 6.80. The minimum Gasteiger partial charge on any atom is -0.375 e. The molecule has 2 heterocycles. The Morgan fingerprint density at radius 1 is 1.29 bits per heavy atom. The van der Waals surface area contributed by atoms with Gasteiger partial charge in [0, 0.05) is 28.7 Å². The van der Waals surface area contributed by atoms with E-state index in [9.17, 15) is 0 Å². The summed E-state index contributed by atoms with van der Waals surface area (Å²) in [5.41, 5.74) is 5.47. The Morgan fingerprint density at radius 2 is 2.06 bits per heavy atom. The fourth-order valence-corrected chi connectivity index (χ4v) is 2.90. The molecular formula is C11H16N4S2. The molecule has 2 rings (SSSR count). The van der Waals surface area contributed by atoms with Gasteiger partial charge in [0.15, 0.2) is 5.13 Å². The van der Waals surface area contributed by atoms with E-state index in [0.29, 0.717) is 5.13 Å². The quantitative estimate of drug-likeness (QED) is 0.894. The number of aryl methyl sites for hydroxylation is 1. The molecule has 92 valence electrons. The molecule has 0 saturated heterocycles. The maximum Gasteiger partial charge on any atom is 0.180 e. The Hall–Kier alpha value is -0.980. The molecule has 0 fully saturated rings. The molecular weight excluding hydrogens is 252 g/mol.